The van der Waals surface area contributed by atoms with Crippen molar-refractivity contribution in [1.29, 1.82) is 0 Å². The molecule has 0 aromatic heterocycles. The van der Waals surface area contributed by atoms with Crippen LogP contribution in [-0.2, 0) is 0 Å². The minimum atomic E-state index is -0.433. The second-order valence-electron chi connectivity index (χ2n) is 2.95. The number of rotatable bonds is 2. The quantitative estimate of drug-likeness (QED) is 0.749. The number of benzene rings is 1. The number of aryl methyl sites for hydroxylation is 1. The first kappa shape index (κ1) is 9.56. The van der Waals surface area contributed by atoms with Gasteiger partial charge in [0.15, 0.2) is 0 Å². The Labute approximate surface area is 78.0 Å². The van der Waals surface area contributed by atoms with E-state index in [9.17, 15) is 5.11 Å². The first-order valence-electron chi connectivity index (χ1n) is 4.09. The van der Waals surface area contributed by atoms with Crippen molar-refractivity contribution >= 4 is 11.6 Å². The molecule has 0 fully saturated rings. The van der Waals surface area contributed by atoms with Crippen LogP contribution in [0.5, 0.6) is 0 Å². The van der Waals surface area contributed by atoms with E-state index in [0.717, 1.165) is 11.1 Å². The fraction of sp³-hybridized carbons (Fsp3) is 0.400. The molecule has 1 nitrogen and oxygen atoms in total. The van der Waals surface area contributed by atoms with Crippen LogP contribution >= 0.6 is 11.6 Å². The summed E-state index contributed by atoms with van der Waals surface area (Å²) in [5, 5.41) is 10.2. The zero-order valence-electron chi connectivity index (χ0n) is 7.34. The standard InChI is InChI=1S/C10H13ClO/c1-3-10(12)8-6-7(2)4-5-9(8)11/h4-6,10,12H,3H2,1-2H3. The summed E-state index contributed by atoms with van der Waals surface area (Å²) >= 11 is 5.91. The third-order valence-electron chi connectivity index (χ3n) is 1.90. The van der Waals surface area contributed by atoms with Gasteiger partial charge in [0.1, 0.15) is 0 Å². The molecule has 0 radical (unpaired) electrons. The Kier molecular flexibility index (Phi) is 3.12. The fourth-order valence-electron chi connectivity index (χ4n) is 1.14. The third-order valence-corrected chi connectivity index (χ3v) is 2.24. The topological polar surface area (TPSA) is 20.2 Å². The van der Waals surface area contributed by atoms with E-state index in [4.69, 9.17) is 11.6 Å². The molecule has 12 heavy (non-hydrogen) atoms. The molecule has 0 saturated heterocycles. The number of aliphatic hydroxyl groups is 1. The van der Waals surface area contributed by atoms with Crippen LogP contribution in [0.1, 0.15) is 30.6 Å². The lowest BCUT2D eigenvalue weighted by Crippen LogP contribution is -1.96. The normalized spacial score (nSPS) is 13.0. The summed E-state index contributed by atoms with van der Waals surface area (Å²) < 4.78 is 0. The van der Waals surface area contributed by atoms with Gasteiger partial charge in [0.05, 0.1) is 6.10 Å². The van der Waals surface area contributed by atoms with Gasteiger partial charge in [0.25, 0.3) is 0 Å². The van der Waals surface area contributed by atoms with E-state index in [1.54, 1.807) is 0 Å². The van der Waals surface area contributed by atoms with Crippen molar-refractivity contribution in [2.24, 2.45) is 0 Å². The van der Waals surface area contributed by atoms with Crippen LogP contribution < -0.4 is 0 Å². The maximum absolute atomic E-state index is 9.55. The van der Waals surface area contributed by atoms with Crippen LogP contribution in [0, 0.1) is 6.92 Å². The maximum Gasteiger partial charge on any atom is 0.0801 e. The van der Waals surface area contributed by atoms with Crippen molar-refractivity contribution < 1.29 is 5.11 Å². The Balaban J connectivity index is 3.04. The average molecular weight is 185 g/mol. The van der Waals surface area contributed by atoms with Gasteiger partial charge < -0.3 is 5.11 Å². The van der Waals surface area contributed by atoms with Crippen molar-refractivity contribution in [3.8, 4) is 0 Å². The van der Waals surface area contributed by atoms with Gasteiger partial charge in [-0.3, -0.25) is 0 Å². The molecule has 66 valence electrons. The molecule has 0 bridgehead atoms. The van der Waals surface area contributed by atoms with Gasteiger partial charge >= 0.3 is 0 Å². The summed E-state index contributed by atoms with van der Waals surface area (Å²) in [4.78, 5) is 0. The second kappa shape index (κ2) is 3.92. The Morgan fingerprint density at radius 2 is 2.17 bits per heavy atom. The molecule has 1 unspecified atom stereocenters. The molecule has 1 N–H and O–H groups in total. The van der Waals surface area contributed by atoms with Gasteiger partial charge in [0, 0.05) is 5.02 Å². The SMILES string of the molecule is CCC(O)c1cc(C)ccc1Cl. The largest absolute Gasteiger partial charge is 0.388 e. The van der Waals surface area contributed by atoms with Crippen LogP contribution in [0.15, 0.2) is 18.2 Å². The summed E-state index contributed by atoms with van der Waals surface area (Å²) in [5.74, 6) is 0. The molecule has 1 aromatic carbocycles. The molecule has 0 amide bonds. The third kappa shape index (κ3) is 1.99. The Morgan fingerprint density at radius 3 is 2.75 bits per heavy atom. The number of hydrogen-bond donors (Lipinski definition) is 1. The zero-order chi connectivity index (χ0) is 9.14. The summed E-state index contributed by atoms with van der Waals surface area (Å²) in [7, 11) is 0. The van der Waals surface area contributed by atoms with Crippen molar-refractivity contribution in [1.82, 2.24) is 0 Å². The summed E-state index contributed by atoms with van der Waals surface area (Å²) in [6.07, 6.45) is 0.265. The van der Waals surface area contributed by atoms with E-state index in [1.165, 1.54) is 0 Å². The van der Waals surface area contributed by atoms with Gasteiger partial charge in [-0.15, -0.1) is 0 Å². The summed E-state index contributed by atoms with van der Waals surface area (Å²) in [5.41, 5.74) is 1.96. The van der Waals surface area contributed by atoms with E-state index >= 15 is 0 Å². The predicted molar refractivity (Wildman–Crippen MR) is 51.4 cm³/mol. The monoisotopic (exact) mass is 184 g/mol. The first-order chi connectivity index (χ1) is 5.65. The predicted octanol–water partition coefficient (Wildman–Crippen LogP) is 3.09. The summed E-state index contributed by atoms with van der Waals surface area (Å²) in [6, 6.07) is 5.69. The number of aliphatic hydroxyl groups excluding tert-OH is 1. The molecule has 2 heteroatoms. The van der Waals surface area contributed by atoms with E-state index in [-0.39, 0.29) is 0 Å². The van der Waals surface area contributed by atoms with Crippen LogP contribution in [0.25, 0.3) is 0 Å². The van der Waals surface area contributed by atoms with E-state index in [0.29, 0.717) is 11.4 Å². The molecule has 1 aromatic rings. The van der Waals surface area contributed by atoms with Crippen LogP contribution in [0.3, 0.4) is 0 Å². The number of halogens is 1. The molecule has 0 aliphatic rings. The lowest BCUT2D eigenvalue weighted by molar-refractivity contribution is 0.173. The maximum atomic E-state index is 9.55. The lowest BCUT2D eigenvalue weighted by Gasteiger charge is -2.10. The molecule has 0 aliphatic carbocycles. The molecule has 0 spiro atoms. The van der Waals surface area contributed by atoms with Crippen molar-refractivity contribution in [2.45, 2.75) is 26.4 Å². The minimum Gasteiger partial charge on any atom is -0.388 e. The highest BCUT2D eigenvalue weighted by Gasteiger charge is 2.08. The van der Waals surface area contributed by atoms with Crippen LogP contribution in [0.4, 0.5) is 0 Å². The van der Waals surface area contributed by atoms with Crippen molar-refractivity contribution in [3.63, 3.8) is 0 Å². The fourth-order valence-corrected chi connectivity index (χ4v) is 1.38. The lowest BCUT2D eigenvalue weighted by atomic mass is 10.1. The van der Waals surface area contributed by atoms with Gasteiger partial charge in [-0.25, -0.2) is 0 Å². The Morgan fingerprint density at radius 1 is 1.50 bits per heavy atom. The van der Waals surface area contributed by atoms with Crippen LogP contribution in [0.2, 0.25) is 5.02 Å². The first-order valence-corrected chi connectivity index (χ1v) is 4.47. The van der Waals surface area contributed by atoms with E-state index in [2.05, 4.69) is 0 Å². The number of hydrogen-bond acceptors (Lipinski definition) is 1. The van der Waals surface area contributed by atoms with Gasteiger partial charge in [-0.2, -0.15) is 0 Å². The highest BCUT2D eigenvalue weighted by Crippen LogP contribution is 2.25. The van der Waals surface area contributed by atoms with E-state index < -0.39 is 6.10 Å². The van der Waals surface area contributed by atoms with Gasteiger partial charge in [-0.05, 0) is 25.0 Å². The van der Waals surface area contributed by atoms with Crippen LogP contribution in [-0.4, -0.2) is 5.11 Å². The zero-order valence-corrected chi connectivity index (χ0v) is 8.10. The Hall–Kier alpha value is -0.530. The minimum absolute atomic E-state index is 0.433. The van der Waals surface area contributed by atoms with E-state index in [1.807, 2.05) is 32.0 Å². The summed E-state index contributed by atoms with van der Waals surface area (Å²) in [6.45, 7) is 3.92. The van der Waals surface area contributed by atoms with Crippen molar-refractivity contribution in [3.05, 3.63) is 34.3 Å². The van der Waals surface area contributed by atoms with Crippen molar-refractivity contribution in [2.75, 3.05) is 0 Å². The van der Waals surface area contributed by atoms with Gasteiger partial charge in [-0.1, -0.05) is 36.2 Å². The smallest absolute Gasteiger partial charge is 0.0801 e. The molecule has 0 aliphatic heterocycles. The molecular formula is C10H13ClO. The second-order valence-corrected chi connectivity index (χ2v) is 3.36. The average Bonchev–Trinajstić information content (AvgIpc) is 2.08. The van der Waals surface area contributed by atoms with Gasteiger partial charge in [0.2, 0.25) is 0 Å². The highest BCUT2D eigenvalue weighted by molar-refractivity contribution is 6.31. The molecule has 1 rings (SSSR count). The molecule has 0 saturated carbocycles. The molecular weight excluding hydrogens is 172 g/mol. The highest BCUT2D eigenvalue weighted by atomic mass is 35.5. The molecule has 1 atom stereocenters. The Bertz CT molecular complexity index is 271. The molecule has 0 heterocycles.